The molecule has 2 rings (SSSR count). The summed E-state index contributed by atoms with van der Waals surface area (Å²) >= 11 is 11.3. The molecule has 21 heavy (non-hydrogen) atoms. The largest absolute Gasteiger partial charge is 0.310 e. The third-order valence-electron chi connectivity index (χ3n) is 2.47. The second-order valence-electron chi connectivity index (χ2n) is 3.96. The molecule has 0 atom stereocenters. The van der Waals surface area contributed by atoms with Gasteiger partial charge in [0.25, 0.3) is 5.69 Å². The highest BCUT2D eigenvalue weighted by Gasteiger charge is 2.16. The quantitative estimate of drug-likeness (QED) is 0.403. The van der Waals surface area contributed by atoms with E-state index in [-0.39, 0.29) is 28.4 Å². The number of halogens is 2. The van der Waals surface area contributed by atoms with Gasteiger partial charge in [0.05, 0.1) is 11.3 Å². The van der Waals surface area contributed by atoms with E-state index in [1.807, 2.05) is 0 Å². The van der Waals surface area contributed by atoms with E-state index >= 15 is 0 Å². The van der Waals surface area contributed by atoms with Crippen molar-refractivity contribution in [2.75, 3.05) is 5.32 Å². The number of nitro benzene ring substituents is 1. The summed E-state index contributed by atoms with van der Waals surface area (Å²) in [6.45, 7) is 0. The van der Waals surface area contributed by atoms with Crippen molar-refractivity contribution < 1.29 is 9.72 Å². The molecule has 0 aliphatic heterocycles. The lowest BCUT2D eigenvalue weighted by Crippen LogP contribution is -2.16. The summed E-state index contributed by atoms with van der Waals surface area (Å²) in [6.07, 6.45) is -0.170. The molecule has 0 bridgehead atoms. The van der Waals surface area contributed by atoms with Crippen molar-refractivity contribution >= 4 is 40.6 Å². The smallest absolute Gasteiger partial charge is 0.273 e. The summed E-state index contributed by atoms with van der Waals surface area (Å²) in [4.78, 5) is 29.6. The zero-order valence-corrected chi connectivity index (χ0v) is 11.9. The van der Waals surface area contributed by atoms with Crippen molar-refractivity contribution in [1.29, 1.82) is 0 Å². The molecule has 0 aliphatic rings. The Hall–Kier alpha value is -2.25. The highest BCUT2D eigenvalue weighted by molar-refractivity contribution is 6.32. The monoisotopic (exact) mass is 326 g/mol. The first-order chi connectivity index (χ1) is 9.95. The van der Waals surface area contributed by atoms with Crippen LogP contribution in [0.3, 0.4) is 0 Å². The molecule has 0 aliphatic carbocycles. The number of nitrogens with zero attached hydrogens (tertiary/aromatic N) is 3. The van der Waals surface area contributed by atoms with E-state index in [1.54, 1.807) is 6.07 Å². The average molecular weight is 327 g/mol. The molecule has 7 nitrogen and oxygen atoms in total. The Labute approximate surface area is 129 Å². The van der Waals surface area contributed by atoms with E-state index in [9.17, 15) is 14.9 Å². The minimum atomic E-state index is -0.541. The van der Waals surface area contributed by atoms with Gasteiger partial charge in [-0.3, -0.25) is 14.9 Å². The van der Waals surface area contributed by atoms with Gasteiger partial charge in [-0.05, 0) is 11.6 Å². The van der Waals surface area contributed by atoms with Crippen molar-refractivity contribution in [3.63, 3.8) is 0 Å². The fourth-order valence-corrected chi connectivity index (χ4v) is 2.06. The van der Waals surface area contributed by atoms with Gasteiger partial charge in [0, 0.05) is 17.7 Å². The fourth-order valence-electron chi connectivity index (χ4n) is 1.65. The second kappa shape index (κ2) is 6.47. The SMILES string of the molecule is O=C(Cc1ccccc1[N+](=O)[O-])Nc1cc(Cl)nc(Cl)n1. The molecule has 1 aromatic carbocycles. The predicted octanol–water partition coefficient (Wildman–Crippen LogP) is 2.87. The Morgan fingerprint density at radius 3 is 2.67 bits per heavy atom. The molecule has 1 amide bonds. The summed E-state index contributed by atoms with van der Waals surface area (Å²) in [7, 11) is 0. The van der Waals surface area contributed by atoms with Gasteiger partial charge in [0.1, 0.15) is 11.0 Å². The number of nitro groups is 1. The maximum absolute atomic E-state index is 11.9. The number of carbonyl (C=O) groups excluding carboxylic acids is 1. The number of anilines is 1. The lowest BCUT2D eigenvalue weighted by molar-refractivity contribution is -0.385. The molecule has 1 heterocycles. The number of nitrogens with one attached hydrogen (secondary N) is 1. The number of aromatic nitrogens is 2. The van der Waals surface area contributed by atoms with Gasteiger partial charge in [-0.15, -0.1) is 0 Å². The summed E-state index contributed by atoms with van der Waals surface area (Å²) in [5.74, 6) is -0.348. The molecule has 108 valence electrons. The van der Waals surface area contributed by atoms with E-state index in [1.165, 1.54) is 24.3 Å². The summed E-state index contributed by atoms with van der Waals surface area (Å²) in [6, 6.07) is 7.32. The van der Waals surface area contributed by atoms with E-state index < -0.39 is 10.8 Å². The maximum atomic E-state index is 11.9. The number of para-hydroxylation sites is 1. The van der Waals surface area contributed by atoms with Crippen LogP contribution >= 0.6 is 23.2 Å². The minimum Gasteiger partial charge on any atom is -0.310 e. The number of benzene rings is 1. The van der Waals surface area contributed by atoms with Gasteiger partial charge >= 0.3 is 0 Å². The number of hydrogen-bond acceptors (Lipinski definition) is 5. The first-order valence-corrected chi connectivity index (χ1v) is 6.43. The van der Waals surface area contributed by atoms with Crippen LogP contribution in [-0.2, 0) is 11.2 Å². The molecule has 1 N–H and O–H groups in total. The van der Waals surface area contributed by atoms with Crippen LogP contribution < -0.4 is 5.32 Å². The van der Waals surface area contributed by atoms with Crippen molar-refractivity contribution in [1.82, 2.24) is 9.97 Å². The van der Waals surface area contributed by atoms with Crippen molar-refractivity contribution in [2.24, 2.45) is 0 Å². The van der Waals surface area contributed by atoms with Gasteiger partial charge in [0.15, 0.2) is 0 Å². The Morgan fingerprint density at radius 2 is 2.00 bits per heavy atom. The van der Waals surface area contributed by atoms with E-state index in [2.05, 4.69) is 15.3 Å². The van der Waals surface area contributed by atoms with E-state index in [0.717, 1.165) is 0 Å². The molecule has 0 saturated heterocycles. The zero-order valence-electron chi connectivity index (χ0n) is 10.4. The van der Waals surface area contributed by atoms with Crippen LogP contribution in [0.4, 0.5) is 11.5 Å². The molecule has 0 spiro atoms. The van der Waals surface area contributed by atoms with Crippen molar-refractivity contribution in [3.05, 3.63) is 56.4 Å². The molecule has 9 heteroatoms. The van der Waals surface area contributed by atoms with Crippen LogP contribution in [0.15, 0.2) is 30.3 Å². The highest BCUT2D eigenvalue weighted by atomic mass is 35.5. The van der Waals surface area contributed by atoms with Gasteiger partial charge in [-0.25, -0.2) is 9.97 Å². The predicted molar refractivity (Wildman–Crippen MR) is 77.5 cm³/mol. The third kappa shape index (κ3) is 4.11. The van der Waals surface area contributed by atoms with Crippen LogP contribution in [0, 0.1) is 10.1 Å². The number of hydrogen-bond donors (Lipinski definition) is 1. The molecule has 0 fully saturated rings. The van der Waals surface area contributed by atoms with Gasteiger partial charge in [-0.1, -0.05) is 29.8 Å². The first-order valence-electron chi connectivity index (χ1n) is 5.68. The summed E-state index contributed by atoms with van der Waals surface area (Å²) in [5, 5.41) is 13.3. The third-order valence-corrected chi connectivity index (χ3v) is 2.84. The standard InChI is InChI=1S/C12H8Cl2N4O3/c13-9-6-10(17-12(14)15-9)16-11(19)5-7-3-1-2-4-8(7)18(20)21/h1-4,6H,5H2,(H,15,16,17,19). The molecule has 0 saturated carbocycles. The van der Waals surface area contributed by atoms with Crippen molar-refractivity contribution in [2.45, 2.75) is 6.42 Å². The first kappa shape index (κ1) is 15.1. The number of rotatable bonds is 4. The minimum absolute atomic E-state index is 0.0796. The Kier molecular flexibility index (Phi) is 4.66. The summed E-state index contributed by atoms with van der Waals surface area (Å²) < 4.78 is 0. The lowest BCUT2D eigenvalue weighted by Gasteiger charge is -2.05. The van der Waals surface area contributed by atoms with Gasteiger partial charge < -0.3 is 5.32 Å². The molecule has 1 aromatic heterocycles. The van der Waals surface area contributed by atoms with E-state index in [4.69, 9.17) is 23.2 Å². The molecular formula is C12H8Cl2N4O3. The fraction of sp³-hybridized carbons (Fsp3) is 0.0833. The molecular weight excluding hydrogens is 319 g/mol. The van der Waals surface area contributed by atoms with E-state index in [0.29, 0.717) is 5.56 Å². The van der Waals surface area contributed by atoms with Crippen LogP contribution in [0.5, 0.6) is 0 Å². The Bertz CT molecular complexity index is 688. The van der Waals surface area contributed by atoms with Crippen LogP contribution in [0.1, 0.15) is 5.56 Å². The zero-order chi connectivity index (χ0) is 15.4. The number of amides is 1. The Morgan fingerprint density at radius 1 is 1.29 bits per heavy atom. The second-order valence-corrected chi connectivity index (χ2v) is 4.68. The molecule has 0 radical (unpaired) electrons. The average Bonchev–Trinajstić information content (AvgIpc) is 2.37. The topological polar surface area (TPSA) is 98.0 Å². The molecule has 2 aromatic rings. The normalized spacial score (nSPS) is 10.2. The van der Waals surface area contributed by atoms with Crippen LogP contribution in [0.2, 0.25) is 10.4 Å². The van der Waals surface area contributed by atoms with Crippen LogP contribution in [-0.4, -0.2) is 20.8 Å². The lowest BCUT2D eigenvalue weighted by atomic mass is 10.1. The molecule has 0 unspecified atom stereocenters. The maximum Gasteiger partial charge on any atom is 0.273 e. The van der Waals surface area contributed by atoms with Crippen molar-refractivity contribution in [3.8, 4) is 0 Å². The van der Waals surface area contributed by atoms with Gasteiger partial charge in [0.2, 0.25) is 11.2 Å². The van der Waals surface area contributed by atoms with Gasteiger partial charge in [-0.2, -0.15) is 0 Å². The highest BCUT2D eigenvalue weighted by Crippen LogP contribution is 2.19. The summed E-state index contributed by atoms with van der Waals surface area (Å²) in [5.41, 5.74) is 0.178. The van der Waals surface area contributed by atoms with Crippen LogP contribution in [0.25, 0.3) is 0 Å². The Balaban J connectivity index is 2.14. The number of carbonyl (C=O) groups is 1.